The van der Waals surface area contributed by atoms with Crippen molar-refractivity contribution in [1.82, 2.24) is 14.9 Å². The Balaban J connectivity index is 1.40. The molecule has 9 heteroatoms. The van der Waals surface area contributed by atoms with E-state index >= 15 is 0 Å². The number of morpholine rings is 1. The van der Waals surface area contributed by atoms with E-state index in [1.807, 2.05) is 24.3 Å². The average molecular weight is 471 g/mol. The molecule has 0 radical (unpaired) electrons. The SMILES string of the molecule is O=C(Nc1cccnc1)C1=NCCCc2ccc(-c3cncc(NC(=O)N4CCOCC4)c3)cc21. The second-order valence-corrected chi connectivity index (χ2v) is 8.39. The number of carbonyl (C=O) groups excluding carboxylic acids is 2. The second kappa shape index (κ2) is 10.4. The number of aryl methyl sites for hydroxylation is 1. The first-order valence-electron chi connectivity index (χ1n) is 11.7. The molecule has 0 aliphatic carbocycles. The summed E-state index contributed by atoms with van der Waals surface area (Å²) in [7, 11) is 0. The zero-order valence-corrected chi connectivity index (χ0v) is 19.2. The third kappa shape index (κ3) is 5.36. The van der Waals surface area contributed by atoms with Crippen LogP contribution in [-0.2, 0) is 16.0 Å². The van der Waals surface area contributed by atoms with Gasteiger partial charge in [-0.05, 0) is 48.2 Å². The van der Waals surface area contributed by atoms with E-state index in [1.54, 1.807) is 41.8 Å². The summed E-state index contributed by atoms with van der Waals surface area (Å²) in [6.07, 6.45) is 8.35. The predicted octanol–water partition coefficient (Wildman–Crippen LogP) is 3.38. The van der Waals surface area contributed by atoms with Crippen LogP contribution in [0, 0.1) is 0 Å². The summed E-state index contributed by atoms with van der Waals surface area (Å²) < 4.78 is 5.31. The minimum absolute atomic E-state index is 0.171. The lowest BCUT2D eigenvalue weighted by Gasteiger charge is -2.26. The number of aromatic nitrogens is 2. The van der Waals surface area contributed by atoms with E-state index in [0.717, 1.165) is 35.1 Å². The van der Waals surface area contributed by atoms with E-state index in [4.69, 9.17) is 4.74 Å². The number of nitrogens with zero attached hydrogens (tertiary/aromatic N) is 4. The van der Waals surface area contributed by atoms with E-state index in [1.165, 1.54) is 0 Å². The maximum absolute atomic E-state index is 13.1. The van der Waals surface area contributed by atoms with E-state index in [0.29, 0.717) is 49.9 Å². The first kappa shape index (κ1) is 22.7. The molecule has 0 unspecified atom stereocenters. The molecule has 4 heterocycles. The van der Waals surface area contributed by atoms with Crippen molar-refractivity contribution in [2.45, 2.75) is 12.8 Å². The van der Waals surface area contributed by atoms with Crippen molar-refractivity contribution in [1.29, 1.82) is 0 Å². The Kier molecular flexibility index (Phi) is 6.76. The van der Waals surface area contributed by atoms with Gasteiger partial charge in [0.1, 0.15) is 5.71 Å². The maximum Gasteiger partial charge on any atom is 0.322 e. The smallest absolute Gasteiger partial charge is 0.322 e. The van der Waals surface area contributed by atoms with Gasteiger partial charge >= 0.3 is 6.03 Å². The summed E-state index contributed by atoms with van der Waals surface area (Å²) in [4.78, 5) is 40.4. The number of rotatable bonds is 4. The highest BCUT2D eigenvalue weighted by Gasteiger charge is 2.21. The molecule has 178 valence electrons. The molecule has 3 aromatic rings. The number of nitrogens with one attached hydrogen (secondary N) is 2. The average Bonchev–Trinajstić information content (AvgIpc) is 3.12. The van der Waals surface area contributed by atoms with Crippen molar-refractivity contribution in [2.75, 3.05) is 43.5 Å². The van der Waals surface area contributed by atoms with Crippen molar-refractivity contribution >= 4 is 29.0 Å². The molecule has 5 rings (SSSR count). The maximum atomic E-state index is 13.1. The number of hydrogen-bond acceptors (Lipinski definition) is 6. The molecule has 2 aromatic heterocycles. The Labute approximate surface area is 203 Å². The summed E-state index contributed by atoms with van der Waals surface area (Å²) in [5, 5.41) is 5.82. The lowest BCUT2D eigenvalue weighted by molar-refractivity contribution is -0.110. The lowest BCUT2D eigenvalue weighted by Crippen LogP contribution is -2.43. The van der Waals surface area contributed by atoms with E-state index < -0.39 is 0 Å². The van der Waals surface area contributed by atoms with Crippen molar-refractivity contribution in [3.05, 3.63) is 72.3 Å². The Hall–Kier alpha value is -4.11. The highest BCUT2D eigenvalue weighted by Crippen LogP contribution is 2.27. The van der Waals surface area contributed by atoms with Gasteiger partial charge in [0.05, 0.1) is 37.0 Å². The van der Waals surface area contributed by atoms with Crippen molar-refractivity contribution in [3.8, 4) is 11.1 Å². The fraction of sp³-hybridized carbons (Fsp3) is 0.269. The Bertz CT molecular complexity index is 1250. The number of carbonyl (C=O) groups is 2. The van der Waals surface area contributed by atoms with Crippen molar-refractivity contribution in [3.63, 3.8) is 0 Å². The molecule has 0 bridgehead atoms. The van der Waals surface area contributed by atoms with Gasteiger partial charge in [0.2, 0.25) is 0 Å². The predicted molar refractivity (Wildman–Crippen MR) is 134 cm³/mol. The van der Waals surface area contributed by atoms with Gasteiger partial charge < -0.3 is 20.3 Å². The third-order valence-electron chi connectivity index (χ3n) is 5.99. The molecule has 1 saturated heterocycles. The fourth-order valence-electron chi connectivity index (χ4n) is 4.20. The van der Waals surface area contributed by atoms with Crippen molar-refractivity contribution in [2.24, 2.45) is 4.99 Å². The van der Waals surface area contributed by atoms with Crippen LogP contribution in [0.4, 0.5) is 16.2 Å². The van der Waals surface area contributed by atoms with E-state index in [2.05, 4.69) is 25.6 Å². The molecule has 2 aliphatic rings. The molecule has 1 fully saturated rings. The van der Waals surface area contributed by atoms with E-state index in [9.17, 15) is 9.59 Å². The van der Waals surface area contributed by atoms with Gasteiger partial charge in [0, 0.05) is 43.2 Å². The molecule has 2 N–H and O–H groups in total. The molecule has 1 aromatic carbocycles. The number of amides is 3. The number of ether oxygens (including phenoxy) is 1. The van der Waals surface area contributed by atoms with Gasteiger partial charge in [-0.2, -0.15) is 0 Å². The minimum Gasteiger partial charge on any atom is -0.378 e. The summed E-state index contributed by atoms with van der Waals surface area (Å²) >= 11 is 0. The molecule has 0 spiro atoms. The Morgan fingerprint density at radius 3 is 2.60 bits per heavy atom. The molecule has 3 amide bonds. The topological polar surface area (TPSA) is 109 Å². The van der Waals surface area contributed by atoms with Gasteiger partial charge in [-0.3, -0.25) is 19.8 Å². The monoisotopic (exact) mass is 470 g/mol. The number of benzene rings is 1. The molecule has 2 aliphatic heterocycles. The van der Waals surface area contributed by atoms with Crippen LogP contribution >= 0.6 is 0 Å². The van der Waals surface area contributed by atoms with Crippen LogP contribution in [0.2, 0.25) is 0 Å². The number of fused-ring (bicyclic) bond motifs is 1. The standard InChI is InChI=1S/C26H26N6O3/c33-25(30-21-4-2-7-27-16-21)24-23-14-19(6-5-18(23)3-1-8-29-24)20-13-22(17-28-15-20)31-26(34)32-9-11-35-12-10-32/h2,4-7,13-17H,1,3,8-12H2,(H,30,33)(H,31,34). The van der Waals surface area contributed by atoms with E-state index in [-0.39, 0.29) is 11.9 Å². The number of pyridine rings is 2. The normalized spacial score (nSPS) is 15.4. The van der Waals surface area contributed by atoms with Crippen LogP contribution in [-0.4, -0.2) is 65.4 Å². The first-order valence-corrected chi connectivity index (χ1v) is 11.7. The third-order valence-corrected chi connectivity index (χ3v) is 5.99. The van der Waals surface area contributed by atoms with Gasteiger partial charge in [-0.25, -0.2) is 4.79 Å². The lowest BCUT2D eigenvalue weighted by atomic mass is 9.95. The Morgan fingerprint density at radius 2 is 1.77 bits per heavy atom. The molecule has 0 saturated carbocycles. The fourth-order valence-corrected chi connectivity index (χ4v) is 4.20. The number of anilines is 2. The van der Waals surface area contributed by atoms with Crippen molar-refractivity contribution < 1.29 is 14.3 Å². The van der Waals surface area contributed by atoms with Crippen LogP contribution in [0.5, 0.6) is 0 Å². The summed E-state index contributed by atoms with van der Waals surface area (Å²) in [6.45, 7) is 2.79. The van der Waals surface area contributed by atoms with Crippen LogP contribution in [0.25, 0.3) is 11.1 Å². The summed E-state index contributed by atoms with van der Waals surface area (Å²) in [5.41, 5.74) is 5.26. The largest absolute Gasteiger partial charge is 0.378 e. The zero-order valence-electron chi connectivity index (χ0n) is 19.2. The molecule has 9 nitrogen and oxygen atoms in total. The number of urea groups is 1. The second-order valence-electron chi connectivity index (χ2n) is 8.39. The molecular formula is C26H26N6O3. The van der Waals surface area contributed by atoms with Crippen LogP contribution in [0.15, 0.2) is 66.2 Å². The molecule has 35 heavy (non-hydrogen) atoms. The highest BCUT2D eigenvalue weighted by atomic mass is 16.5. The van der Waals surface area contributed by atoms with Crippen LogP contribution in [0.3, 0.4) is 0 Å². The van der Waals surface area contributed by atoms with Gasteiger partial charge in [0.25, 0.3) is 5.91 Å². The quantitative estimate of drug-likeness (QED) is 0.608. The van der Waals surface area contributed by atoms with Crippen LogP contribution < -0.4 is 10.6 Å². The van der Waals surface area contributed by atoms with Crippen LogP contribution in [0.1, 0.15) is 17.5 Å². The highest BCUT2D eigenvalue weighted by molar-refractivity contribution is 6.49. The summed E-state index contributed by atoms with van der Waals surface area (Å²) in [5.74, 6) is -0.261. The Morgan fingerprint density at radius 1 is 0.914 bits per heavy atom. The number of aliphatic imine (C=N–C) groups is 1. The first-order chi connectivity index (χ1) is 17.2. The van der Waals surface area contributed by atoms with Gasteiger partial charge in [0.15, 0.2) is 0 Å². The van der Waals surface area contributed by atoms with Gasteiger partial charge in [-0.15, -0.1) is 0 Å². The minimum atomic E-state index is -0.261. The molecule has 0 atom stereocenters. The summed E-state index contributed by atoms with van der Waals surface area (Å²) in [6, 6.07) is 11.3. The zero-order chi connectivity index (χ0) is 24.0. The van der Waals surface area contributed by atoms with Gasteiger partial charge in [-0.1, -0.05) is 12.1 Å². The molecular weight excluding hydrogens is 444 g/mol. The number of hydrogen-bond donors (Lipinski definition) is 2.